The van der Waals surface area contributed by atoms with Crippen LogP contribution in [0.25, 0.3) is 0 Å². The van der Waals surface area contributed by atoms with Gasteiger partial charge in [-0.2, -0.15) is 3.71 Å². The standard InChI is InChI=1S/C6H8NO4S3/c1-13(8,9)7(14(2,10)11)6-4-3-5-12-6/h3,5H,1-2H3. The first-order chi connectivity index (χ1) is 6.23. The maximum absolute atomic E-state index is 11.2. The first-order valence-electron chi connectivity index (χ1n) is 3.38. The average molecular weight is 254 g/mol. The predicted molar refractivity (Wildman–Crippen MR) is 55.3 cm³/mol. The minimum atomic E-state index is -3.82. The fourth-order valence-corrected chi connectivity index (χ4v) is 5.11. The Balaban J connectivity index is 3.37. The number of thiophene rings is 1. The van der Waals surface area contributed by atoms with Gasteiger partial charge in [-0.15, -0.1) is 11.3 Å². The Morgan fingerprint density at radius 1 is 1.21 bits per heavy atom. The third-order valence-corrected chi connectivity index (χ3v) is 5.44. The van der Waals surface area contributed by atoms with Crippen molar-refractivity contribution < 1.29 is 16.8 Å². The van der Waals surface area contributed by atoms with Crippen molar-refractivity contribution in [2.45, 2.75) is 0 Å². The van der Waals surface area contributed by atoms with Gasteiger partial charge in [-0.25, -0.2) is 16.8 Å². The SMILES string of the molecule is CS(=O)(=O)N(c1[c]ccs1)S(C)(=O)=O. The lowest BCUT2D eigenvalue weighted by atomic mass is 10.6. The molecule has 0 fully saturated rings. The molecule has 0 bridgehead atoms. The number of rotatable bonds is 3. The van der Waals surface area contributed by atoms with Gasteiger partial charge in [0.05, 0.1) is 12.5 Å². The van der Waals surface area contributed by atoms with Gasteiger partial charge in [0.15, 0.2) is 0 Å². The van der Waals surface area contributed by atoms with Crippen molar-refractivity contribution in [3.05, 3.63) is 17.5 Å². The van der Waals surface area contributed by atoms with Gasteiger partial charge in [-0.3, -0.25) is 0 Å². The van der Waals surface area contributed by atoms with E-state index in [9.17, 15) is 16.8 Å². The zero-order chi connectivity index (χ0) is 11.0. The van der Waals surface area contributed by atoms with Crippen molar-refractivity contribution in [2.24, 2.45) is 0 Å². The molecule has 0 aromatic carbocycles. The van der Waals surface area contributed by atoms with Crippen LogP contribution >= 0.6 is 11.3 Å². The first-order valence-corrected chi connectivity index (χ1v) is 7.96. The lowest BCUT2D eigenvalue weighted by Gasteiger charge is -2.16. The fraction of sp³-hybridized carbons (Fsp3) is 0.333. The molecule has 1 heterocycles. The number of anilines is 1. The summed E-state index contributed by atoms with van der Waals surface area (Å²) in [6.07, 6.45) is 1.67. The maximum atomic E-state index is 11.2. The molecule has 1 radical (unpaired) electrons. The normalized spacial score (nSPS) is 12.7. The molecule has 0 N–H and O–H groups in total. The highest BCUT2D eigenvalue weighted by atomic mass is 32.3. The molecule has 0 spiro atoms. The Morgan fingerprint density at radius 2 is 1.71 bits per heavy atom. The molecule has 0 unspecified atom stereocenters. The molecular weight excluding hydrogens is 246 g/mol. The van der Waals surface area contributed by atoms with E-state index in [0.29, 0.717) is 3.71 Å². The molecule has 0 amide bonds. The Morgan fingerprint density at radius 3 is 2.00 bits per heavy atom. The van der Waals surface area contributed by atoms with Gasteiger partial charge in [0.25, 0.3) is 0 Å². The van der Waals surface area contributed by atoms with Crippen LogP contribution in [0.15, 0.2) is 11.4 Å². The average Bonchev–Trinajstić information content (AvgIpc) is 2.31. The largest absolute Gasteiger partial charge is 0.246 e. The lowest BCUT2D eigenvalue weighted by Crippen LogP contribution is -2.34. The molecule has 1 aromatic rings. The van der Waals surface area contributed by atoms with E-state index in [4.69, 9.17) is 0 Å². The van der Waals surface area contributed by atoms with Crippen molar-refractivity contribution in [2.75, 3.05) is 16.2 Å². The Hall–Kier alpha value is -0.600. The molecule has 0 aliphatic carbocycles. The number of hydrogen-bond donors (Lipinski definition) is 0. The molecule has 5 nitrogen and oxygen atoms in total. The summed E-state index contributed by atoms with van der Waals surface area (Å²) in [5, 5.41) is 1.61. The molecule has 0 atom stereocenters. The fourth-order valence-electron chi connectivity index (χ4n) is 0.881. The molecular formula is C6H8NO4S3. The third kappa shape index (κ3) is 2.46. The monoisotopic (exact) mass is 254 g/mol. The summed E-state index contributed by atoms with van der Waals surface area (Å²) in [6.45, 7) is 0. The summed E-state index contributed by atoms with van der Waals surface area (Å²) in [6, 6.07) is 4.00. The van der Waals surface area contributed by atoms with E-state index >= 15 is 0 Å². The molecule has 1 aromatic heterocycles. The zero-order valence-electron chi connectivity index (χ0n) is 7.46. The zero-order valence-corrected chi connectivity index (χ0v) is 9.91. The van der Waals surface area contributed by atoms with Crippen molar-refractivity contribution in [1.29, 1.82) is 0 Å². The van der Waals surface area contributed by atoms with E-state index in [1.807, 2.05) is 0 Å². The maximum Gasteiger partial charge on any atom is 0.246 e. The summed E-state index contributed by atoms with van der Waals surface area (Å²) in [5.74, 6) is 0. The van der Waals surface area contributed by atoms with Crippen LogP contribution in [0.3, 0.4) is 0 Å². The third-order valence-electron chi connectivity index (χ3n) is 1.22. The summed E-state index contributed by atoms with van der Waals surface area (Å²) in [7, 11) is -7.64. The highest BCUT2D eigenvalue weighted by Gasteiger charge is 2.27. The molecule has 0 aliphatic rings. The summed E-state index contributed by atoms with van der Waals surface area (Å²) in [4.78, 5) is 0. The van der Waals surface area contributed by atoms with Crippen LogP contribution in [0, 0.1) is 6.07 Å². The highest BCUT2D eigenvalue weighted by molar-refractivity contribution is 8.09. The van der Waals surface area contributed by atoms with E-state index in [0.717, 1.165) is 23.8 Å². The van der Waals surface area contributed by atoms with Crippen LogP contribution < -0.4 is 3.71 Å². The van der Waals surface area contributed by atoms with Crippen molar-refractivity contribution >= 4 is 36.4 Å². The number of sulfonamides is 2. The first kappa shape index (κ1) is 11.5. The smallest absolute Gasteiger partial charge is 0.206 e. The quantitative estimate of drug-likeness (QED) is 0.776. The summed E-state index contributed by atoms with van der Waals surface area (Å²) < 4.78 is 45.2. The molecule has 1 rings (SSSR count). The van der Waals surface area contributed by atoms with Crippen LogP contribution in [-0.4, -0.2) is 29.3 Å². The highest BCUT2D eigenvalue weighted by Crippen LogP contribution is 2.25. The van der Waals surface area contributed by atoms with E-state index in [-0.39, 0.29) is 5.00 Å². The lowest BCUT2D eigenvalue weighted by molar-refractivity contribution is 0.591. The summed E-state index contributed by atoms with van der Waals surface area (Å²) >= 11 is 0.997. The van der Waals surface area contributed by atoms with Crippen LogP contribution in [0.1, 0.15) is 0 Å². The number of hydrogen-bond acceptors (Lipinski definition) is 5. The predicted octanol–water partition coefficient (Wildman–Crippen LogP) is 0.274. The second-order valence-electron chi connectivity index (χ2n) is 2.59. The Bertz CT molecular complexity index is 467. The Labute approximate surface area is 87.1 Å². The topological polar surface area (TPSA) is 71.5 Å². The molecule has 0 saturated carbocycles. The van der Waals surface area contributed by atoms with Gasteiger partial charge < -0.3 is 0 Å². The van der Waals surface area contributed by atoms with Crippen molar-refractivity contribution in [1.82, 2.24) is 0 Å². The minimum Gasteiger partial charge on any atom is -0.206 e. The number of nitrogens with zero attached hydrogens (tertiary/aromatic N) is 1. The van der Waals surface area contributed by atoms with Gasteiger partial charge >= 0.3 is 0 Å². The van der Waals surface area contributed by atoms with Gasteiger partial charge in [-0.1, -0.05) is 0 Å². The van der Waals surface area contributed by atoms with Gasteiger partial charge in [0, 0.05) is 6.07 Å². The molecule has 79 valence electrons. The summed E-state index contributed by atoms with van der Waals surface area (Å²) in [5.41, 5.74) is 0. The van der Waals surface area contributed by atoms with E-state index < -0.39 is 20.0 Å². The van der Waals surface area contributed by atoms with E-state index in [1.165, 1.54) is 6.07 Å². The van der Waals surface area contributed by atoms with Crippen molar-refractivity contribution in [3.8, 4) is 0 Å². The van der Waals surface area contributed by atoms with Gasteiger partial charge in [-0.05, 0) is 11.4 Å². The Kier molecular flexibility index (Phi) is 2.88. The second kappa shape index (κ2) is 3.52. The minimum absolute atomic E-state index is 0.0509. The molecule has 14 heavy (non-hydrogen) atoms. The molecule has 0 aliphatic heterocycles. The van der Waals surface area contributed by atoms with Crippen LogP contribution in [0.2, 0.25) is 0 Å². The van der Waals surface area contributed by atoms with Crippen LogP contribution in [-0.2, 0) is 20.0 Å². The second-order valence-corrected chi connectivity index (χ2v) is 7.38. The van der Waals surface area contributed by atoms with Crippen molar-refractivity contribution in [3.63, 3.8) is 0 Å². The molecule has 8 heteroatoms. The van der Waals surface area contributed by atoms with E-state index in [2.05, 4.69) is 6.07 Å². The van der Waals surface area contributed by atoms with Gasteiger partial charge in [0.1, 0.15) is 5.00 Å². The molecule has 0 saturated heterocycles. The van der Waals surface area contributed by atoms with E-state index in [1.54, 1.807) is 5.38 Å². The van der Waals surface area contributed by atoms with Crippen LogP contribution in [0.4, 0.5) is 5.00 Å². The van der Waals surface area contributed by atoms with Crippen LogP contribution in [0.5, 0.6) is 0 Å². The van der Waals surface area contributed by atoms with Gasteiger partial charge in [0.2, 0.25) is 20.0 Å².